The number of nitrogens with two attached hydrogens (primary N) is 1. The average Bonchev–Trinajstić information content (AvgIpc) is 3.05. The molecule has 4 aromatic rings. The van der Waals surface area contributed by atoms with Crippen LogP contribution < -0.4 is 14.6 Å². The summed E-state index contributed by atoms with van der Waals surface area (Å²) in [6.07, 6.45) is 3.52. The number of benzene rings is 2. The molecule has 0 radical (unpaired) electrons. The van der Waals surface area contributed by atoms with Gasteiger partial charge in [0.25, 0.3) is 10.2 Å². The predicted molar refractivity (Wildman–Crippen MR) is 104 cm³/mol. The first-order chi connectivity index (χ1) is 12.9. The van der Waals surface area contributed by atoms with Crippen molar-refractivity contribution in [1.82, 2.24) is 14.5 Å². The van der Waals surface area contributed by atoms with Crippen LogP contribution >= 0.6 is 0 Å². The van der Waals surface area contributed by atoms with E-state index in [0.29, 0.717) is 12.2 Å². The minimum absolute atomic E-state index is 0.413. The first-order valence-electron chi connectivity index (χ1n) is 8.10. The minimum Gasteiger partial charge on any atom is -0.497 e. The molecule has 0 saturated heterocycles. The highest BCUT2D eigenvalue weighted by atomic mass is 32.2. The predicted octanol–water partition coefficient (Wildman–Crippen LogP) is 2.26. The minimum atomic E-state index is -3.78. The number of hydrogen-bond donors (Lipinski definition) is 2. The maximum Gasteiger partial charge on any atom is 0.296 e. The second kappa shape index (κ2) is 6.53. The number of methoxy groups -OCH3 is 1. The normalized spacial score (nSPS) is 11.8. The molecule has 9 heteroatoms. The third-order valence-corrected chi connectivity index (χ3v) is 4.74. The Bertz CT molecular complexity index is 1230. The van der Waals surface area contributed by atoms with Crippen LogP contribution in [0.5, 0.6) is 5.75 Å². The van der Waals surface area contributed by atoms with Crippen molar-refractivity contribution < 1.29 is 13.2 Å². The molecule has 2 aromatic carbocycles. The van der Waals surface area contributed by atoms with E-state index in [9.17, 15) is 8.42 Å². The monoisotopic (exact) mass is 383 g/mol. The summed E-state index contributed by atoms with van der Waals surface area (Å²) in [4.78, 5) is 8.88. The molecular weight excluding hydrogens is 366 g/mol. The van der Waals surface area contributed by atoms with Crippen molar-refractivity contribution in [1.29, 1.82) is 0 Å². The number of fused-ring (bicyclic) bond motifs is 3. The van der Waals surface area contributed by atoms with Crippen molar-refractivity contribution >= 4 is 37.8 Å². The topological polar surface area (TPSA) is 112 Å². The number of nitrogens with zero attached hydrogens (tertiary/aromatic N) is 3. The molecule has 4 rings (SSSR count). The molecular formula is C18H17N5O3S. The number of aromatic nitrogens is 3. The summed E-state index contributed by atoms with van der Waals surface area (Å²) >= 11 is 0. The molecule has 138 valence electrons. The quantitative estimate of drug-likeness (QED) is 0.549. The van der Waals surface area contributed by atoms with E-state index >= 15 is 0 Å². The Morgan fingerprint density at radius 3 is 2.59 bits per heavy atom. The lowest BCUT2D eigenvalue weighted by atomic mass is 10.1. The van der Waals surface area contributed by atoms with Crippen molar-refractivity contribution in [3.05, 3.63) is 60.6 Å². The van der Waals surface area contributed by atoms with Crippen LogP contribution in [0.15, 0.2) is 55.0 Å². The lowest BCUT2D eigenvalue weighted by molar-refractivity contribution is 0.415. The molecule has 0 aliphatic rings. The second-order valence-corrected chi connectivity index (χ2v) is 7.39. The fraction of sp³-hybridized carbons (Fsp3) is 0.111. The number of imidazole rings is 1. The fourth-order valence-electron chi connectivity index (χ4n) is 3.02. The number of hydrogen-bond acceptors (Lipinski definition) is 5. The summed E-state index contributed by atoms with van der Waals surface area (Å²) in [5.41, 5.74) is 4.02. The first kappa shape index (κ1) is 17.3. The molecule has 0 aliphatic heterocycles. The standard InChI is InChI=1S/C18H17N5O3S/c1-26-14-6-7-16-15(8-14)18-17(9-20-16)21-11-23(18)10-12-2-4-13(5-3-12)22-27(19,24)25/h2-9,11,22H,10H2,1H3,(H2,19,24,25). The molecule has 0 bridgehead atoms. The summed E-state index contributed by atoms with van der Waals surface area (Å²) in [6, 6.07) is 12.7. The van der Waals surface area contributed by atoms with Gasteiger partial charge in [-0.25, -0.2) is 10.1 Å². The number of pyridine rings is 1. The molecule has 0 aliphatic carbocycles. The molecule has 8 nitrogen and oxygen atoms in total. The van der Waals surface area contributed by atoms with E-state index in [4.69, 9.17) is 9.88 Å². The maximum absolute atomic E-state index is 11.1. The van der Waals surface area contributed by atoms with E-state index in [-0.39, 0.29) is 0 Å². The van der Waals surface area contributed by atoms with Gasteiger partial charge in [0, 0.05) is 17.6 Å². The van der Waals surface area contributed by atoms with Crippen LogP contribution in [0, 0.1) is 0 Å². The van der Waals surface area contributed by atoms with E-state index in [1.165, 1.54) is 0 Å². The van der Waals surface area contributed by atoms with Crippen LogP contribution in [-0.2, 0) is 16.8 Å². The zero-order valence-corrected chi connectivity index (χ0v) is 15.3. The second-order valence-electron chi connectivity index (χ2n) is 6.09. The van der Waals surface area contributed by atoms with Crippen molar-refractivity contribution in [3.8, 4) is 5.75 Å². The highest BCUT2D eigenvalue weighted by molar-refractivity contribution is 7.90. The van der Waals surface area contributed by atoms with Crippen LogP contribution in [-0.4, -0.2) is 30.1 Å². The number of ether oxygens (including phenoxy) is 1. The van der Waals surface area contributed by atoms with Gasteiger partial charge in [0.15, 0.2) is 0 Å². The van der Waals surface area contributed by atoms with Gasteiger partial charge in [0.05, 0.1) is 30.7 Å². The average molecular weight is 383 g/mol. The summed E-state index contributed by atoms with van der Waals surface area (Å²) in [5, 5.41) is 5.94. The van der Waals surface area contributed by atoms with Crippen molar-refractivity contribution in [3.63, 3.8) is 0 Å². The highest BCUT2D eigenvalue weighted by Crippen LogP contribution is 2.27. The van der Waals surface area contributed by atoms with E-state index in [2.05, 4.69) is 14.7 Å². The molecule has 27 heavy (non-hydrogen) atoms. The summed E-state index contributed by atoms with van der Waals surface area (Å²) < 4.78 is 31.8. The van der Waals surface area contributed by atoms with Gasteiger partial charge in [-0.2, -0.15) is 8.42 Å². The molecule has 0 fully saturated rings. The third kappa shape index (κ3) is 3.55. The van der Waals surface area contributed by atoms with Gasteiger partial charge in [-0.1, -0.05) is 12.1 Å². The van der Waals surface area contributed by atoms with Crippen molar-refractivity contribution in [2.24, 2.45) is 5.14 Å². The lowest BCUT2D eigenvalue weighted by Crippen LogP contribution is -2.21. The van der Waals surface area contributed by atoms with Crippen LogP contribution in [0.1, 0.15) is 5.56 Å². The Balaban J connectivity index is 1.72. The highest BCUT2D eigenvalue weighted by Gasteiger charge is 2.10. The van der Waals surface area contributed by atoms with Gasteiger partial charge in [0.1, 0.15) is 11.3 Å². The Hall–Kier alpha value is -3.17. The molecule has 0 atom stereocenters. The number of anilines is 1. The molecule has 2 heterocycles. The SMILES string of the molecule is COc1ccc2ncc3ncn(Cc4ccc(NS(N)(=O)=O)cc4)c3c2c1. The molecule has 2 aromatic heterocycles. The third-order valence-electron chi connectivity index (χ3n) is 4.22. The van der Waals surface area contributed by atoms with Crippen molar-refractivity contribution in [2.75, 3.05) is 11.8 Å². The molecule has 0 unspecified atom stereocenters. The van der Waals surface area contributed by atoms with E-state index < -0.39 is 10.2 Å². The Morgan fingerprint density at radius 2 is 1.89 bits per heavy atom. The van der Waals surface area contributed by atoms with Crippen LogP contribution in [0.3, 0.4) is 0 Å². The van der Waals surface area contributed by atoms with Gasteiger partial charge >= 0.3 is 0 Å². The number of nitrogens with one attached hydrogen (secondary N) is 1. The zero-order valence-electron chi connectivity index (χ0n) is 14.5. The van der Waals surface area contributed by atoms with E-state index in [1.54, 1.807) is 31.8 Å². The van der Waals surface area contributed by atoms with Crippen LogP contribution in [0.4, 0.5) is 5.69 Å². The fourth-order valence-corrected chi connectivity index (χ4v) is 3.48. The van der Waals surface area contributed by atoms with Crippen molar-refractivity contribution in [2.45, 2.75) is 6.54 Å². The summed E-state index contributed by atoms with van der Waals surface area (Å²) in [7, 11) is -2.16. The van der Waals surface area contributed by atoms with Gasteiger partial charge in [-0.3, -0.25) is 9.71 Å². The summed E-state index contributed by atoms with van der Waals surface area (Å²) in [6.45, 7) is 0.572. The lowest BCUT2D eigenvalue weighted by Gasteiger charge is -2.09. The zero-order chi connectivity index (χ0) is 19.0. The summed E-state index contributed by atoms with van der Waals surface area (Å²) in [5.74, 6) is 0.753. The smallest absolute Gasteiger partial charge is 0.296 e. The maximum atomic E-state index is 11.1. The Labute approximate surface area is 155 Å². The largest absolute Gasteiger partial charge is 0.497 e. The Morgan fingerprint density at radius 1 is 1.11 bits per heavy atom. The van der Waals surface area contributed by atoms with Gasteiger partial charge in [-0.05, 0) is 35.9 Å². The van der Waals surface area contributed by atoms with Gasteiger partial charge in [-0.15, -0.1) is 0 Å². The molecule has 0 saturated carbocycles. The van der Waals surface area contributed by atoms with E-state index in [0.717, 1.165) is 33.2 Å². The molecule has 0 spiro atoms. The molecule has 0 amide bonds. The van der Waals surface area contributed by atoms with E-state index in [1.807, 2.05) is 34.9 Å². The number of rotatable bonds is 5. The first-order valence-corrected chi connectivity index (χ1v) is 9.65. The van der Waals surface area contributed by atoms with Crippen LogP contribution in [0.25, 0.3) is 21.9 Å². The van der Waals surface area contributed by atoms with Gasteiger partial charge < -0.3 is 9.30 Å². The Kier molecular flexibility index (Phi) is 4.17. The molecule has 3 N–H and O–H groups in total. The van der Waals surface area contributed by atoms with Gasteiger partial charge in [0.2, 0.25) is 0 Å². The van der Waals surface area contributed by atoms with Crippen LogP contribution in [0.2, 0.25) is 0 Å².